The number of likely N-dealkylation sites (tertiary alicyclic amines) is 1. The van der Waals surface area contributed by atoms with Gasteiger partial charge in [0.15, 0.2) is 0 Å². The summed E-state index contributed by atoms with van der Waals surface area (Å²) in [6.07, 6.45) is 3.56. The molecule has 0 radical (unpaired) electrons. The first-order valence-electron chi connectivity index (χ1n) is 9.09. The highest BCUT2D eigenvalue weighted by Gasteiger charge is 2.33. The van der Waals surface area contributed by atoms with Gasteiger partial charge in [0.2, 0.25) is 5.91 Å². The highest BCUT2D eigenvalue weighted by molar-refractivity contribution is 9.10. The van der Waals surface area contributed by atoms with Crippen LogP contribution in [0, 0.1) is 5.82 Å². The van der Waals surface area contributed by atoms with E-state index >= 15 is 0 Å². The highest BCUT2D eigenvalue weighted by atomic mass is 79.9. The Hall–Kier alpha value is -1.88. The zero-order valence-corrected chi connectivity index (χ0v) is 16.0. The molecule has 0 bridgehead atoms. The number of carbonyl (C=O) groups excluding carboxylic acids is 1. The average molecular weight is 418 g/mol. The van der Waals surface area contributed by atoms with E-state index in [0.717, 1.165) is 30.2 Å². The lowest BCUT2D eigenvalue weighted by Gasteiger charge is -2.34. The lowest BCUT2D eigenvalue weighted by atomic mass is 9.98. The number of hydrogen-bond acceptors (Lipinski definition) is 2. The monoisotopic (exact) mass is 417 g/mol. The zero-order chi connectivity index (χ0) is 18.1. The zero-order valence-electron chi connectivity index (χ0n) is 14.5. The van der Waals surface area contributed by atoms with Crippen molar-refractivity contribution >= 4 is 21.8 Å². The van der Waals surface area contributed by atoms with Crippen molar-refractivity contribution in [2.75, 3.05) is 13.1 Å². The number of nitrogens with zero attached hydrogens (tertiary/aromatic N) is 1. The van der Waals surface area contributed by atoms with E-state index in [1.807, 2.05) is 11.0 Å². The molecule has 2 aromatic rings. The van der Waals surface area contributed by atoms with Gasteiger partial charge < -0.3 is 9.64 Å². The third kappa shape index (κ3) is 3.63. The predicted octanol–water partition coefficient (Wildman–Crippen LogP) is 4.69. The molecule has 0 N–H and O–H groups in total. The van der Waals surface area contributed by atoms with Crippen LogP contribution in [0.15, 0.2) is 46.9 Å². The maximum atomic E-state index is 13.0. The molecular weight excluding hydrogens is 397 g/mol. The molecule has 1 amide bonds. The van der Waals surface area contributed by atoms with Crippen molar-refractivity contribution in [2.24, 2.45) is 0 Å². The van der Waals surface area contributed by atoms with Gasteiger partial charge in [-0.2, -0.15) is 0 Å². The fourth-order valence-electron chi connectivity index (χ4n) is 3.96. The Labute approximate surface area is 161 Å². The van der Waals surface area contributed by atoms with E-state index in [2.05, 4.69) is 28.1 Å². The SMILES string of the molecule is O=C(C1CCc2cc(Br)ccc21)N1CCC(Oc2ccc(F)cc2)CC1. The largest absolute Gasteiger partial charge is 0.490 e. The summed E-state index contributed by atoms with van der Waals surface area (Å²) < 4.78 is 20.0. The highest BCUT2D eigenvalue weighted by Crippen LogP contribution is 2.36. The van der Waals surface area contributed by atoms with Gasteiger partial charge in [0.05, 0.1) is 5.92 Å². The minimum atomic E-state index is -0.262. The molecular formula is C21H21BrFNO2. The first-order chi connectivity index (χ1) is 12.6. The second kappa shape index (κ2) is 7.39. The molecule has 1 saturated heterocycles. The molecule has 26 heavy (non-hydrogen) atoms. The molecule has 2 aromatic carbocycles. The predicted molar refractivity (Wildman–Crippen MR) is 102 cm³/mol. The topological polar surface area (TPSA) is 29.5 Å². The number of benzene rings is 2. The maximum Gasteiger partial charge on any atom is 0.230 e. The third-order valence-electron chi connectivity index (χ3n) is 5.35. The third-order valence-corrected chi connectivity index (χ3v) is 5.84. The van der Waals surface area contributed by atoms with Crippen LogP contribution >= 0.6 is 15.9 Å². The smallest absolute Gasteiger partial charge is 0.230 e. The summed E-state index contributed by atoms with van der Waals surface area (Å²) in [6.45, 7) is 1.43. The first kappa shape index (κ1) is 17.5. The molecule has 1 aliphatic heterocycles. The molecule has 1 aliphatic carbocycles. The summed E-state index contributed by atoms with van der Waals surface area (Å²) in [5, 5.41) is 0. The molecule has 1 atom stereocenters. The number of hydrogen-bond donors (Lipinski definition) is 0. The fourth-order valence-corrected chi connectivity index (χ4v) is 4.37. The minimum absolute atomic E-state index is 0.00679. The van der Waals surface area contributed by atoms with Crippen LogP contribution in [0.25, 0.3) is 0 Å². The number of ether oxygens (including phenoxy) is 1. The standard InChI is InChI=1S/C21H21BrFNO2/c22-15-2-8-19-14(13-15)1-7-20(19)21(25)24-11-9-18(10-12-24)26-17-5-3-16(23)4-6-17/h2-6,8,13,18,20H,1,7,9-12H2. The van der Waals surface area contributed by atoms with Gasteiger partial charge in [0.25, 0.3) is 0 Å². The summed E-state index contributed by atoms with van der Waals surface area (Å²) in [7, 11) is 0. The molecule has 5 heteroatoms. The van der Waals surface area contributed by atoms with Crippen LogP contribution in [0.2, 0.25) is 0 Å². The van der Waals surface area contributed by atoms with Gasteiger partial charge in [-0.25, -0.2) is 4.39 Å². The summed E-state index contributed by atoms with van der Waals surface area (Å²) in [4.78, 5) is 15.0. The van der Waals surface area contributed by atoms with Crippen molar-refractivity contribution in [3.63, 3.8) is 0 Å². The van der Waals surface area contributed by atoms with Gasteiger partial charge in [0, 0.05) is 30.4 Å². The van der Waals surface area contributed by atoms with Crippen LogP contribution in [-0.2, 0) is 11.2 Å². The number of carbonyl (C=O) groups is 1. The molecule has 0 saturated carbocycles. The van der Waals surface area contributed by atoms with Crippen LogP contribution < -0.4 is 4.74 Å². The van der Waals surface area contributed by atoms with E-state index < -0.39 is 0 Å². The van der Waals surface area contributed by atoms with Crippen LogP contribution in [0.3, 0.4) is 0 Å². The molecule has 2 aliphatic rings. The van der Waals surface area contributed by atoms with E-state index in [0.29, 0.717) is 18.8 Å². The molecule has 1 unspecified atom stereocenters. The van der Waals surface area contributed by atoms with Gasteiger partial charge in [-0.05, 0) is 60.4 Å². The Bertz CT molecular complexity index is 800. The van der Waals surface area contributed by atoms with Crippen LogP contribution in [-0.4, -0.2) is 30.0 Å². The Balaban J connectivity index is 1.35. The Morgan fingerprint density at radius 2 is 1.81 bits per heavy atom. The van der Waals surface area contributed by atoms with E-state index in [-0.39, 0.29) is 23.7 Å². The number of rotatable bonds is 3. The van der Waals surface area contributed by atoms with Crippen molar-refractivity contribution in [1.29, 1.82) is 0 Å². The number of amides is 1. The summed E-state index contributed by atoms with van der Waals surface area (Å²) >= 11 is 3.51. The van der Waals surface area contributed by atoms with E-state index in [9.17, 15) is 9.18 Å². The van der Waals surface area contributed by atoms with Crippen molar-refractivity contribution in [3.8, 4) is 5.75 Å². The van der Waals surface area contributed by atoms with Gasteiger partial charge in [-0.3, -0.25) is 4.79 Å². The number of piperidine rings is 1. The van der Waals surface area contributed by atoms with Gasteiger partial charge in [-0.1, -0.05) is 22.0 Å². The molecule has 3 nitrogen and oxygen atoms in total. The van der Waals surface area contributed by atoms with E-state index in [1.165, 1.54) is 23.3 Å². The molecule has 0 aromatic heterocycles. The second-order valence-corrected chi connectivity index (χ2v) is 7.95. The van der Waals surface area contributed by atoms with E-state index in [4.69, 9.17) is 4.74 Å². The Morgan fingerprint density at radius 1 is 1.08 bits per heavy atom. The molecule has 1 fully saturated rings. The van der Waals surface area contributed by atoms with Gasteiger partial charge in [0.1, 0.15) is 17.7 Å². The Kier molecular flexibility index (Phi) is 4.98. The summed E-state index contributed by atoms with van der Waals surface area (Å²) in [5.74, 6) is 0.659. The fraction of sp³-hybridized carbons (Fsp3) is 0.381. The lowest BCUT2D eigenvalue weighted by Crippen LogP contribution is -2.43. The van der Waals surface area contributed by atoms with Crippen molar-refractivity contribution in [1.82, 2.24) is 4.90 Å². The van der Waals surface area contributed by atoms with Gasteiger partial charge >= 0.3 is 0 Å². The first-order valence-corrected chi connectivity index (χ1v) is 9.89. The number of halogens is 2. The average Bonchev–Trinajstić information content (AvgIpc) is 3.06. The van der Waals surface area contributed by atoms with Crippen molar-refractivity contribution in [3.05, 3.63) is 63.9 Å². The van der Waals surface area contributed by atoms with Crippen LogP contribution in [0.4, 0.5) is 4.39 Å². The molecule has 4 rings (SSSR count). The molecule has 1 heterocycles. The maximum absolute atomic E-state index is 13.0. The van der Waals surface area contributed by atoms with Gasteiger partial charge in [-0.15, -0.1) is 0 Å². The normalized spacial score (nSPS) is 20.1. The van der Waals surface area contributed by atoms with Crippen LogP contribution in [0.5, 0.6) is 5.75 Å². The number of fused-ring (bicyclic) bond motifs is 1. The molecule has 0 spiro atoms. The summed E-state index contributed by atoms with van der Waals surface area (Å²) in [5.41, 5.74) is 2.47. The quantitative estimate of drug-likeness (QED) is 0.724. The Morgan fingerprint density at radius 3 is 2.54 bits per heavy atom. The number of aryl methyl sites for hydroxylation is 1. The second-order valence-electron chi connectivity index (χ2n) is 7.03. The lowest BCUT2D eigenvalue weighted by molar-refractivity contribution is -0.134. The van der Waals surface area contributed by atoms with E-state index in [1.54, 1.807) is 12.1 Å². The minimum Gasteiger partial charge on any atom is -0.490 e. The molecule has 136 valence electrons. The van der Waals surface area contributed by atoms with Crippen LogP contribution in [0.1, 0.15) is 36.3 Å². The van der Waals surface area contributed by atoms with Crippen molar-refractivity contribution in [2.45, 2.75) is 37.7 Å². The summed E-state index contributed by atoms with van der Waals surface area (Å²) in [6, 6.07) is 12.4. The van der Waals surface area contributed by atoms with Crippen molar-refractivity contribution < 1.29 is 13.9 Å².